The van der Waals surface area contributed by atoms with Gasteiger partial charge in [-0.05, 0) is 30.4 Å². The van der Waals surface area contributed by atoms with Crippen LogP contribution in [0.2, 0.25) is 5.02 Å². The summed E-state index contributed by atoms with van der Waals surface area (Å²) < 4.78 is 0. The highest BCUT2D eigenvalue weighted by molar-refractivity contribution is 6.33. The van der Waals surface area contributed by atoms with Crippen molar-refractivity contribution >= 4 is 17.4 Å². The van der Waals surface area contributed by atoms with Crippen molar-refractivity contribution in [3.8, 4) is 0 Å². The van der Waals surface area contributed by atoms with Crippen molar-refractivity contribution in [2.24, 2.45) is 11.7 Å². The molecule has 3 N–H and O–H groups in total. The van der Waals surface area contributed by atoms with E-state index in [0.29, 0.717) is 17.5 Å². The predicted molar refractivity (Wildman–Crippen MR) is 69.2 cm³/mol. The van der Waals surface area contributed by atoms with Crippen molar-refractivity contribution in [2.75, 3.05) is 24.6 Å². The Morgan fingerprint density at radius 2 is 2.41 bits per heavy atom. The molecule has 17 heavy (non-hydrogen) atoms. The number of anilines is 1. The quantitative estimate of drug-likeness (QED) is 0.854. The zero-order valence-electron chi connectivity index (χ0n) is 9.77. The topological polar surface area (TPSA) is 62.4 Å². The molecular weight excluding hydrogens is 238 g/mol. The number of pyridine rings is 1. The molecule has 1 aliphatic rings. The van der Waals surface area contributed by atoms with E-state index in [4.69, 9.17) is 22.4 Å². The summed E-state index contributed by atoms with van der Waals surface area (Å²) in [5, 5.41) is 9.61. The molecule has 1 saturated heterocycles. The highest BCUT2D eigenvalue weighted by Gasteiger charge is 2.24. The monoisotopic (exact) mass is 255 g/mol. The molecule has 1 aromatic heterocycles. The van der Waals surface area contributed by atoms with E-state index in [0.717, 1.165) is 37.3 Å². The minimum atomic E-state index is 0.252. The van der Waals surface area contributed by atoms with Crippen LogP contribution < -0.4 is 10.6 Å². The number of aliphatic hydroxyl groups excluding tert-OH is 1. The first-order valence-corrected chi connectivity index (χ1v) is 6.33. The highest BCUT2D eigenvalue weighted by Crippen LogP contribution is 2.31. The number of halogens is 1. The van der Waals surface area contributed by atoms with Crippen LogP contribution in [0, 0.1) is 5.92 Å². The molecule has 0 saturated carbocycles. The van der Waals surface area contributed by atoms with Crippen LogP contribution in [0.25, 0.3) is 0 Å². The maximum Gasteiger partial charge on any atom is 0.147 e. The lowest BCUT2D eigenvalue weighted by atomic mass is 10.1. The summed E-state index contributed by atoms with van der Waals surface area (Å²) >= 11 is 6.28. The van der Waals surface area contributed by atoms with Crippen LogP contribution in [0.3, 0.4) is 0 Å². The minimum absolute atomic E-state index is 0.252. The van der Waals surface area contributed by atoms with Crippen LogP contribution in [0.1, 0.15) is 18.4 Å². The number of aromatic nitrogens is 1. The van der Waals surface area contributed by atoms with E-state index < -0.39 is 0 Å². The van der Waals surface area contributed by atoms with Crippen LogP contribution in [-0.2, 0) is 6.54 Å². The maximum atomic E-state index is 8.94. The van der Waals surface area contributed by atoms with Gasteiger partial charge in [-0.2, -0.15) is 0 Å². The molecule has 1 fully saturated rings. The second kappa shape index (κ2) is 5.67. The van der Waals surface area contributed by atoms with Gasteiger partial charge in [0.05, 0.1) is 5.02 Å². The van der Waals surface area contributed by atoms with Gasteiger partial charge >= 0.3 is 0 Å². The SMILES string of the molecule is NCc1ccnc(N2CCC(CCO)C2)c1Cl. The Hall–Kier alpha value is -0.840. The van der Waals surface area contributed by atoms with Crippen molar-refractivity contribution in [3.63, 3.8) is 0 Å². The first-order valence-electron chi connectivity index (χ1n) is 5.95. The standard InChI is InChI=1S/C12H18ClN3O/c13-11-10(7-14)1-4-15-12(11)16-5-2-9(8-16)3-6-17/h1,4,9,17H,2-3,5-8,14H2. The first kappa shape index (κ1) is 12.6. The van der Waals surface area contributed by atoms with E-state index in [1.807, 2.05) is 6.07 Å². The molecule has 1 atom stereocenters. The molecule has 0 radical (unpaired) electrons. The molecule has 0 aromatic carbocycles. The average molecular weight is 256 g/mol. The van der Waals surface area contributed by atoms with Gasteiger partial charge < -0.3 is 15.7 Å². The number of aliphatic hydroxyl groups is 1. The molecule has 4 nitrogen and oxygen atoms in total. The second-order valence-electron chi connectivity index (χ2n) is 4.42. The first-order chi connectivity index (χ1) is 8.26. The molecule has 1 aromatic rings. The fraction of sp³-hybridized carbons (Fsp3) is 0.583. The fourth-order valence-electron chi connectivity index (χ4n) is 2.29. The summed E-state index contributed by atoms with van der Waals surface area (Å²) in [5.74, 6) is 1.37. The van der Waals surface area contributed by atoms with Crippen molar-refractivity contribution in [2.45, 2.75) is 19.4 Å². The van der Waals surface area contributed by atoms with E-state index in [2.05, 4.69) is 9.88 Å². The van der Waals surface area contributed by atoms with Crippen LogP contribution in [0.15, 0.2) is 12.3 Å². The van der Waals surface area contributed by atoms with Crippen molar-refractivity contribution in [1.82, 2.24) is 4.98 Å². The van der Waals surface area contributed by atoms with Gasteiger partial charge in [-0.3, -0.25) is 0 Å². The summed E-state index contributed by atoms with van der Waals surface area (Å²) in [6, 6.07) is 1.85. The lowest BCUT2D eigenvalue weighted by molar-refractivity contribution is 0.263. The maximum absolute atomic E-state index is 8.94. The summed E-state index contributed by atoms with van der Waals surface area (Å²) in [6.07, 6.45) is 3.69. The van der Waals surface area contributed by atoms with E-state index in [1.54, 1.807) is 6.20 Å². The molecule has 1 aliphatic heterocycles. The van der Waals surface area contributed by atoms with Crippen LogP contribution in [0.5, 0.6) is 0 Å². The van der Waals surface area contributed by atoms with Gasteiger partial charge in [-0.25, -0.2) is 4.98 Å². The van der Waals surface area contributed by atoms with Gasteiger partial charge in [-0.15, -0.1) is 0 Å². The lowest BCUT2D eigenvalue weighted by Gasteiger charge is -2.19. The van der Waals surface area contributed by atoms with Crippen molar-refractivity contribution in [1.29, 1.82) is 0 Å². The zero-order chi connectivity index (χ0) is 12.3. The average Bonchev–Trinajstić information content (AvgIpc) is 2.78. The Morgan fingerprint density at radius 1 is 1.59 bits per heavy atom. The number of nitrogens with zero attached hydrogens (tertiary/aromatic N) is 2. The predicted octanol–water partition coefficient (Wildman–Crippen LogP) is 1.40. The van der Waals surface area contributed by atoms with Crippen molar-refractivity contribution < 1.29 is 5.11 Å². The summed E-state index contributed by atoms with van der Waals surface area (Å²) in [6.45, 7) is 2.55. The van der Waals surface area contributed by atoms with Gasteiger partial charge in [0.2, 0.25) is 0 Å². The summed E-state index contributed by atoms with van der Waals surface area (Å²) in [5.41, 5.74) is 6.56. The number of hydrogen-bond donors (Lipinski definition) is 2. The Kier molecular flexibility index (Phi) is 4.20. The van der Waals surface area contributed by atoms with Crippen LogP contribution >= 0.6 is 11.6 Å². The third-order valence-electron chi connectivity index (χ3n) is 3.29. The van der Waals surface area contributed by atoms with E-state index >= 15 is 0 Å². The third kappa shape index (κ3) is 2.70. The van der Waals surface area contributed by atoms with Crippen LogP contribution in [0.4, 0.5) is 5.82 Å². The molecule has 2 heterocycles. The minimum Gasteiger partial charge on any atom is -0.396 e. The zero-order valence-corrected chi connectivity index (χ0v) is 10.5. The lowest BCUT2D eigenvalue weighted by Crippen LogP contribution is -2.22. The molecule has 0 amide bonds. The van der Waals surface area contributed by atoms with Gasteiger partial charge in [0.1, 0.15) is 5.82 Å². The molecule has 0 bridgehead atoms. The molecule has 0 spiro atoms. The fourth-order valence-corrected chi connectivity index (χ4v) is 2.60. The molecule has 94 valence electrons. The van der Waals surface area contributed by atoms with E-state index in [-0.39, 0.29) is 6.61 Å². The largest absolute Gasteiger partial charge is 0.396 e. The van der Waals surface area contributed by atoms with Gasteiger partial charge in [0.25, 0.3) is 0 Å². The molecular formula is C12H18ClN3O. The van der Waals surface area contributed by atoms with E-state index in [1.165, 1.54) is 0 Å². The highest BCUT2D eigenvalue weighted by atomic mass is 35.5. The normalized spacial score (nSPS) is 19.9. The van der Waals surface area contributed by atoms with Gasteiger partial charge in [-0.1, -0.05) is 11.6 Å². The Labute approximate surface area is 106 Å². The van der Waals surface area contributed by atoms with Crippen molar-refractivity contribution in [3.05, 3.63) is 22.8 Å². The summed E-state index contributed by atoms with van der Waals surface area (Å²) in [4.78, 5) is 6.52. The molecule has 0 aliphatic carbocycles. The Bertz CT molecular complexity index is 386. The molecule has 1 unspecified atom stereocenters. The van der Waals surface area contributed by atoms with Gasteiger partial charge in [0, 0.05) is 32.4 Å². The smallest absolute Gasteiger partial charge is 0.147 e. The molecule has 2 rings (SSSR count). The summed E-state index contributed by atoms with van der Waals surface area (Å²) in [7, 11) is 0. The second-order valence-corrected chi connectivity index (χ2v) is 4.80. The van der Waals surface area contributed by atoms with Crippen LogP contribution in [-0.4, -0.2) is 29.8 Å². The number of nitrogens with two attached hydrogens (primary N) is 1. The van der Waals surface area contributed by atoms with Gasteiger partial charge in [0.15, 0.2) is 0 Å². The molecule has 5 heteroatoms. The Morgan fingerprint density at radius 3 is 3.12 bits per heavy atom. The number of hydrogen-bond acceptors (Lipinski definition) is 4. The Balaban J connectivity index is 2.13. The van der Waals surface area contributed by atoms with E-state index in [9.17, 15) is 0 Å². The number of rotatable bonds is 4. The third-order valence-corrected chi connectivity index (χ3v) is 3.71.